The molecule has 0 fully saturated rings. The van der Waals surface area contributed by atoms with Crippen LogP contribution < -0.4 is 11.1 Å². The van der Waals surface area contributed by atoms with E-state index in [2.05, 4.69) is 49.5 Å². The molecule has 0 saturated carbocycles. The van der Waals surface area contributed by atoms with Crippen molar-refractivity contribution in [3.8, 4) is 0 Å². The van der Waals surface area contributed by atoms with Gasteiger partial charge in [-0.25, -0.2) is 0 Å². The van der Waals surface area contributed by atoms with E-state index in [0.29, 0.717) is 6.04 Å². The van der Waals surface area contributed by atoms with E-state index in [1.165, 1.54) is 16.8 Å². The third kappa shape index (κ3) is 3.04. The van der Waals surface area contributed by atoms with Crippen molar-refractivity contribution in [2.75, 3.05) is 11.1 Å². The van der Waals surface area contributed by atoms with E-state index < -0.39 is 0 Å². The topological polar surface area (TPSA) is 38.0 Å². The first-order chi connectivity index (χ1) is 8.66. The second-order valence-corrected chi connectivity index (χ2v) is 4.83. The molecule has 0 aromatic heterocycles. The van der Waals surface area contributed by atoms with Gasteiger partial charge < -0.3 is 11.1 Å². The zero-order chi connectivity index (χ0) is 13.0. The molecular weight excluding hydrogens is 220 g/mol. The molecule has 0 atom stereocenters. The van der Waals surface area contributed by atoms with Gasteiger partial charge in [-0.2, -0.15) is 0 Å². The summed E-state index contributed by atoms with van der Waals surface area (Å²) in [6.07, 6.45) is 0.864. The summed E-state index contributed by atoms with van der Waals surface area (Å²) < 4.78 is 0. The van der Waals surface area contributed by atoms with Crippen molar-refractivity contribution in [1.29, 1.82) is 0 Å². The van der Waals surface area contributed by atoms with Crippen molar-refractivity contribution in [3.05, 3.63) is 59.7 Å². The molecule has 0 heterocycles. The molecule has 2 heteroatoms. The fraction of sp³-hybridized carbons (Fsp3) is 0.250. The number of hydrogen-bond acceptors (Lipinski definition) is 2. The number of nitrogen functional groups attached to an aromatic ring is 1. The third-order valence-electron chi connectivity index (χ3n) is 2.90. The van der Waals surface area contributed by atoms with Crippen molar-refractivity contribution < 1.29 is 0 Å². The Morgan fingerprint density at radius 1 is 0.944 bits per heavy atom. The van der Waals surface area contributed by atoms with Crippen molar-refractivity contribution in [3.63, 3.8) is 0 Å². The smallest absolute Gasteiger partial charge is 0.0378 e. The van der Waals surface area contributed by atoms with E-state index in [1.54, 1.807) is 0 Å². The van der Waals surface area contributed by atoms with Crippen LogP contribution in [0.25, 0.3) is 0 Å². The van der Waals surface area contributed by atoms with Gasteiger partial charge in [0.1, 0.15) is 0 Å². The summed E-state index contributed by atoms with van der Waals surface area (Å²) in [6.45, 7) is 4.29. The van der Waals surface area contributed by atoms with Crippen LogP contribution in [0.15, 0.2) is 48.5 Å². The molecule has 2 aromatic carbocycles. The molecule has 0 saturated heterocycles. The summed E-state index contributed by atoms with van der Waals surface area (Å²) in [4.78, 5) is 0. The molecule has 0 aliphatic rings. The fourth-order valence-corrected chi connectivity index (χ4v) is 2.03. The lowest BCUT2D eigenvalue weighted by atomic mass is 10.0. The van der Waals surface area contributed by atoms with E-state index in [9.17, 15) is 0 Å². The Labute approximate surface area is 109 Å². The van der Waals surface area contributed by atoms with Crippen LogP contribution in [0, 0.1) is 0 Å². The number of para-hydroxylation sites is 2. The lowest BCUT2D eigenvalue weighted by molar-refractivity contribution is 0.895. The first kappa shape index (κ1) is 12.5. The number of anilines is 2. The molecule has 0 unspecified atom stereocenters. The van der Waals surface area contributed by atoms with E-state index in [4.69, 9.17) is 5.73 Å². The van der Waals surface area contributed by atoms with Crippen LogP contribution in [-0.2, 0) is 6.42 Å². The Kier molecular flexibility index (Phi) is 3.88. The Bertz CT molecular complexity index is 518. The van der Waals surface area contributed by atoms with Gasteiger partial charge in [-0.15, -0.1) is 0 Å². The molecule has 0 bridgehead atoms. The van der Waals surface area contributed by atoms with Crippen LogP contribution in [0.4, 0.5) is 11.4 Å². The number of benzene rings is 2. The van der Waals surface area contributed by atoms with Gasteiger partial charge in [-0.05, 0) is 37.1 Å². The molecule has 2 nitrogen and oxygen atoms in total. The van der Waals surface area contributed by atoms with Crippen LogP contribution in [0.1, 0.15) is 25.0 Å². The maximum Gasteiger partial charge on any atom is 0.0378 e. The monoisotopic (exact) mass is 240 g/mol. The van der Waals surface area contributed by atoms with Crippen LogP contribution >= 0.6 is 0 Å². The SMILES string of the molecule is CC(C)Nc1ccccc1Cc1ccccc1N. The standard InChI is InChI=1S/C16H20N2/c1-12(2)18-16-10-6-4-8-14(16)11-13-7-3-5-9-15(13)17/h3-10,12,18H,11,17H2,1-2H3. The molecule has 0 spiro atoms. The molecular formula is C16H20N2. The first-order valence-corrected chi connectivity index (χ1v) is 6.34. The van der Waals surface area contributed by atoms with E-state index in [0.717, 1.165) is 12.1 Å². The summed E-state index contributed by atoms with van der Waals surface area (Å²) in [5, 5.41) is 3.47. The largest absolute Gasteiger partial charge is 0.398 e. The van der Waals surface area contributed by atoms with E-state index in [-0.39, 0.29) is 0 Å². The summed E-state index contributed by atoms with van der Waals surface area (Å²) in [7, 11) is 0. The second-order valence-electron chi connectivity index (χ2n) is 4.83. The van der Waals surface area contributed by atoms with Crippen molar-refractivity contribution >= 4 is 11.4 Å². The highest BCUT2D eigenvalue weighted by atomic mass is 14.9. The van der Waals surface area contributed by atoms with Gasteiger partial charge in [0.25, 0.3) is 0 Å². The van der Waals surface area contributed by atoms with Crippen molar-refractivity contribution in [1.82, 2.24) is 0 Å². The minimum absolute atomic E-state index is 0.430. The molecule has 3 N–H and O–H groups in total. The Morgan fingerprint density at radius 3 is 2.22 bits per heavy atom. The van der Waals surface area contributed by atoms with Gasteiger partial charge in [0.05, 0.1) is 0 Å². The molecule has 0 aliphatic heterocycles. The van der Waals surface area contributed by atoms with Gasteiger partial charge in [-0.3, -0.25) is 0 Å². The number of rotatable bonds is 4. The van der Waals surface area contributed by atoms with Gasteiger partial charge in [0.2, 0.25) is 0 Å². The Hall–Kier alpha value is -1.96. The number of nitrogens with one attached hydrogen (secondary N) is 1. The predicted octanol–water partition coefficient (Wildman–Crippen LogP) is 3.68. The van der Waals surface area contributed by atoms with Gasteiger partial charge in [-0.1, -0.05) is 36.4 Å². The lowest BCUT2D eigenvalue weighted by Gasteiger charge is -2.15. The van der Waals surface area contributed by atoms with E-state index >= 15 is 0 Å². The minimum Gasteiger partial charge on any atom is -0.398 e. The Morgan fingerprint density at radius 2 is 1.56 bits per heavy atom. The maximum absolute atomic E-state index is 6.00. The molecule has 2 aromatic rings. The Balaban J connectivity index is 2.26. The first-order valence-electron chi connectivity index (χ1n) is 6.34. The average Bonchev–Trinajstić information content (AvgIpc) is 2.34. The molecule has 2 rings (SSSR count). The zero-order valence-corrected chi connectivity index (χ0v) is 11.0. The summed E-state index contributed by atoms with van der Waals surface area (Å²) in [5.74, 6) is 0. The van der Waals surface area contributed by atoms with Gasteiger partial charge in [0.15, 0.2) is 0 Å². The summed E-state index contributed by atoms with van der Waals surface area (Å²) in [6, 6.07) is 16.9. The summed E-state index contributed by atoms with van der Waals surface area (Å²) >= 11 is 0. The average molecular weight is 240 g/mol. The predicted molar refractivity (Wildman–Crippen MR) is 78.9 cm³/mol. The highest BCUT2D eigenvalue weighted by molar-refractivity contribution is 5.56. The van der Waals surface area contributed by atoms with Crippen LogP contribution in [0.3, 0.4) is 0 Å². The molecule has 0 amide bonds. The molecule has 18 heavy (non-hydrogen) atoms. The minimum atomic E-state index is 0.430. The van der Waals surface area contributed by atoms with Crippen molar-refractivity contribution in [2.45, 2.75) is 26.3 Å². The molecule has 0 aliphatic carbocycles. The quantitative estimate of drug-likeness (QED) is 0.800. The number of hydrogen-bond donors (Lipinski definition) is 2. The summed E-state index contributed by atoms with van der Waals surface area (Å²) in [5.41, 5.74) is 10.5. The van der Waals surface area contributed by atoms with Gasteiger partial charge >= 0.3 is 0 Å². The van der Waals surface area contributed by atoms with Crippen LogP contribution in [-0.4, -0.2) is 6.04 Å². The normalized spacial score (nSPS) is 10.6. The molecule has 0 radical (unpaired) electrons. The highest BCUT2D eigenvalue weighted by Crippen LogP contribution is 2.22. The lowest BCUT2D eigenvalue weighted by Crippen LogP contribution is -2.11. The third-order valence-corrected chi connectivity index (χ3v) is 2.90. The number of nitrogens with two attached hydrogens (primary N) is 1. The molecule has 94 valence electrons. The van der Waals surface area contributed by atoms with Gasteiger partial charge in [0, 0.05) is 23.8 Å². The van der Waals surface area contributed by atoms with E-state index in [1.807, 2.05) is 18.2 Å². The fourth-order valence-electron chi connectivity index (χ4n) is 2.03. The van der Waals surface area contributed by atoms with Crippen LogP contribution in [0.2, 0.25) is 0 Å². The van der Waals surface area contributed by atoms with Crippen LogP contribution in [0.5, 0.6) is 0 Å². The highest BCUT2D eigenvalue weighted by Gasteiger charge is 2.05. The maximum atomic E-state index is 6.00. The zero-order valence-electron chi connectivity index (χ0n) is 11.0. The van der Waals surface area contributed by atoms with Crippen molar-refractivity contribution in [2.24, 2.45) is 0 Å². The second kappa shape index (κ2) is 5.58.